The van der Waals surface area contributed by atoms with Crippen LogP contribution in [0.25, 0.3) is 22.0 Å². The summed E-state index contributed by atoms with van der Waals surface area (Å²) in [6.07, 6.45) is 5.42. The van der Waals surface area contributed by atoms with Crippen molar-refractivity contribution in [2.45, 2.75) is 72.0 Å². The molecular formula is C32H32FN5O3. The molecule has 210 valence electrons. The van der Waals surface area contributed by atoms with Crippen molar-refractivity contribution in [1.82, 2.24) is 24.6 Å². The topological polar surface area (TPSA) is 98.1 Å². The first kappa shape index (κ1) is 26.9. The smallest absolute Gasteiger partial charge is 0.245 e. The molecule has 1 saturated heterocycles. The van der Waals surface area contributed by atoms with Gasteiger partial charge in [0.1, 0.15) is 23.9 Å². The molecular weight excluding hydrogens is 521 g/mol. The number of carbonyl (C=O) groups excluding carboxylic acids is 3. The number of fused-ring (bicyclic) bond motifs is 2. The van der Waals surface area contributed by atoms with Gasteiger partial charge in [-0.15, -0.1) is 0 Å². The molecule has 2 aromatic heterocycles. The monoisotopic (exact) mass is 553 g/mol. The fourth-order valence-electron chi connectivity index (χ4n) is 6.36. The average Bonchev–Trinajstić information content (AvgIpc) is 3.29. The van der Waals surface area contributed by atoms with Gasteiger partial charge < -0.3 is 4.90 Å². The number of hydrogen-bond donors (Lipinski definition) is 0. The number of piperidine rings is 1. The Labute approximate surface area is 237 Å². The van der Waals surface area contributed by atoms with Gasteiger partial charge in [-0.3, -0.25) is 19.1 Å². The van der Waals surface area contributed by atoms with Gasteiger partial charge in [0, 0.05) is 42.7 Å². The standard InChI is InChI=1S/C32H32FN5O3/c1-18-11-22(23-15-34-20(3)35-16-23)12-24-30(19(2)39)36-37(31(18)24)17-29(41)38-26(13-32(4)14-28(32)38)27(40)10-9-21-7-5-6-8-25(21)33/h5-8,11-12,15-16,26,28H,9-10,13-14,17H2,1-4H3/t26-,28+,32-/m0/s1. The van der Waals surface area contributed by atoms with E-state index in [2.05, 4.69) is 22.0 Å². The van der Waals surface area contributed by atoms with Gasteiger partial charge >= 0.3 is 0 Å². The van der Waals surface area contributed by atoms with E-state index in [0.29, 0.717) is 40.8 Å². The quantitative estimate of drug-likeness (QED) is 0.284. The summed E-state index contributed by atoms with van der Waals surface area (Å²) < 4.78 is 15.7. The molecule has 0 spiro atoms. The van der Waals surface area contributed by atoms with Crippen molar-refractivity contribution in [3.63, 3.8) is 0 Å². The number of ketones is 2. The third kappa shape index (κ3) is 4.83. The molecule has 6 rings (SSSR count). The van der Waals surface area contributed by atoms with E-state index in [9.17, 15) is 18.8 Å². The molecule has 2 fully saturated rings. The zero-order valence-electron chi connectivity index (χ0n) is 23.6. The Kier molecular flexibility index (Phi) is 6.55. The molecule has 0 bridgehead atoms. The number of carbonyl (C=O) groups is 3. The van der Waals surface area contributed by atoms with Crippen LogP contribution in [0.4, 0.5) is 4.39 Å². The van der Waals surface area contributed by atoms with Crippen molar-refractivity contribution < 1.29 is 18.8 Å². The molecule has 3 heterocycles. The number of halogens is 1. The Morgan fingerprint density at radius 1 is 1.05 bits per heavy atom. The molecule has 0 unspecified atom stereocenters. The molecule has 1 amide bonds. The Morgan fingerprint density at radius 3 is 2.49 bits per heavy atom. The minimum absolute atomic E-state index is 0.000696. The van der Waals surface area contributed by atoms with Crippen molar-refractivity contribution in [2.75, 3.05) is 0 Å². The highest BCUT2D eigenvalue weighted by atomic mass is 19.1. The first-order valence-electron chi connectivity index (χ1n) is 13.9. The Hall–Kier alpha value is -4.27. The molecule has 2 aromatic carbocycles. The van der Waals surface area contributed by atoms with Crippen LogP contribution in [-0.4, -0.2) is 54.2 Å². The lowest BCUT2D eigenvalue weighted by atomic mass is 9.96. The second-order valence-corrected chi connectivity index (χ2v) is 11.7. The van der Waals surface area contributed by atoms with E-state index in [1.165, 1.54) is 13.0 Å². The second-order valence-electron chi connectivity index (χ2n) is 11.7. The summed E-state index contributed by atoms with van der Waals surface area (Å²) in [5.74, 6) is -0.105. The largest absolute Gasteiger partial charge is 0.327 e. The fourth-order valence-corrected chi connectivity index (χ4v) is 6.36. The number of aromatic nitrogens is 4. The molecule has 1 aliphatic carbocycles. The van der Waals surface area contributed by atoms with Gasteiger partial charge in [0.05, 0.1) is 11.6 Å². The molecule has 0 N–H and O–H groups in total. The van der Waals surface area contributed by atoms with Crippen molar-refractivity contribution in [2.24, 2.45) is 5.41 Å². The van der Waals surface area contributed by atoms with E-state index in [4.69, 9.17) is 0 Å². The Morgan fingerprint density at radius 2 is 1.78 bits per heavy atom. The second kappa shape index (κ2) is 9.98. The highest BCUT2D eigenvalue weighted by Crippen LogP contribution is 2.59. The zero-order valence-corrected chi connectivity index (χ0v) is 23.6. The zero-order chi connectivity index (χ0) is 29.1. The van der Waals surface area contributed by atoms with E-state index in [-0.39, 0.29) is 47.7 Å². The number of aryl methyl sites for hydroxylation is 3. The maximum absolute atomic E-state index is 14.1. The highest BCUT2D eigenvalue weighted by Gasteiger charge is 2.64. The molecule has 1 aliphatic heterocycles. The van der Waals surface area contributed by atoms with Crippen LogP contribution >= 0.6 is 0 Å². The lowest BCUT2D eigenvalue weighted by Gasteiger charge is -2.27. The van der Waals surface area contributed by atoms with Gasteiger partial charge in [-0.2, -0.15) is 5.10 Å². The third-order valence-electron chi connectivity index (χ3n) is 8.66. The molecule has 4 aromatic rings. The van der Waals surface area contributed by atoms with E-state index < -0.39 is 6.04 Å². The van der Waals surface area contributed by atoms with Gasteiger partial charge in [0.25, 0.3) is 0 Å². The van der Waals surface area contributed by atoms with Gasteiger partial charge in [-0.05, 0) is 73.4 Å². The van der Waals surface area contributed by atoms with Crippen LogP contribution in [-0.2, 0) is 22.6 Å². The van der Waals surface area contributed by atoms with Crippen molar-refractivity contribution >= 4 is 28.4 Å². The van der Waals surface area contributed by atoms with Crippen LogP contribution in [0.15, 0.2) is 48.8 Å². The van der Waals surface area contributed by atoms with Crippen LogP contribution in [0.5, 0.6) is 0 Å². The van der Waals surface area contributed by atoms with Crippen molar-refractivity contribution in [3.8, 4) is 11.1 Å². The molecule has 41 heavy (non-hydrogen) atoms. The first-order valence-corrected chi connectivity index (χ1v) is 13.9. The maximum atomic E-state index is 14.1. The maximum Gasteiger partial charge on any atom is 0.245 e. The molecule has 9 heteroatoms. The summed E-state index contributed by atoms with van der Waals surface area (Å²) in [5.41, 5.74) is 3.96. The predicted octanol–water partition coefficient (Wildman–Crippen LogP) is 5.03. The number of likely N-dealkylation sites (tertiary alicyclic amines) is 1. The third-order valence-corrected chi connectivity index (χ3v) is 8.66. The summed E-state index contributed by atoms with van der Waals surface area (Å²) in [6, 6.07) is 9.80. The van der Waals surface area contributed by atoms with Crippen LogP contribution in [0.1, 0.15) is 60.5 Å². The summed E-state index contributed by atoms with van der Waals surface area (Å²) in [5, 5.41) is 5.25. The Bertz CT molecular complexity index is 1710. The van der Waals surface area contributed by atoms with Crippen LogP contribution in [0.3, 0.4) is 0 Å². The van der Waals surface area contributed by atoms with Gasteiger partial charge in [0.15, 0.2) is 11.6 Å². The van der Waals surface area contributed by atoms with Crippen LogP contribution in [0.2, 0.25) is 0 Å². The minimum Gasteiger partial charge on any atom is -0.327 e. The van der Waals surface area contributed by atoms with Crippen molar-refractivity contribution in [1.29, 1.82) is 0 Å². The van der Waals surface area contributed by atoms with Crippen molar-refractivity contribution in [3.05, 3.63) is 77.3 Å². The van der Waals surface area contributed by atoms with Gasteiger partial charge in [-0.1, -0.05) is 25.1 Å². The average molecular weight is 554 g/mol. The SMILES string of the molecule is CC(=O)c1nn(CC(=O)N2[C@H](C(=O)CCc3ccccc3F)C[C@@]3(C)C[C@@H]23)c2c(C)cc(-c3cnc(C)nc3)cc12. The number of benzene rings is 2. The van der Waals surface area contributed by atoms with E-state index in [0.717, 1.165) is 23.1 Å². The predicted molar refractivity (Wildman–Crippen MR) is 152 cm³/mol. The lowest BCUT2D eigenvalue weighted by Crippen LogP contribution is -2.44. The number of hydrogen-bond acceptors (Lipinski definition) is 6. The summed E-state index contributed by atoms with van der Waals surface area (Å²) in [6.45, 7) is 7.24. The van der Waals surface area contributed by atoms with E-state index >= 15 is 0 Å². The minimum atomic E-state index is -0.540. The molecule has 0 radical (unpaired) electrons. The molecule has 3 atom stereocenters. The van der Waals surface area contributed by atoms with Gasteiger partial charge in [0.2, 0.25) is 5.91 Å². The van der Waals surface area contributed by atoms with E-state index in [1.807, 2.05) is 26.0 Å². The number of Topliss-reactive ketones (excluding diaryl/α,β-unsaturated/α-hetero) is 2. The number of rotatable bonds is 8. The lowest BCUT2D eigenvalue weighted by molar-refractivity contribution is -0.139. The molecule has 1 saturated carbocycles. The summed E-state index contributed by atoms with van der Waals surface area (Å²) in [7, 11) is 0. The summed E-state index contributed by atoms with van der Waals surface area (Å²) in [4.78, 5) is 50.1. The van der Waals surface area contributed by atoms with Crippen LogP contribution < -0.4 is 0 Å². The Balaban J connectivity index is 1.28. The highest BCUT2D eigenvalue weighted by molar-refractivity contribution is 6.07. The number of nitrogens with zero attached hydrogens (tertiary/aromatic N) is 5. The van der Waals surface area contributed by atoms with Gasteiger partial charge in [-0.25, -0.2) is 14.4 Å². The molecule has 8 nitrogen and oxygen atoms in total. The number of amides is 1. The molecule has 2 aliphatic rings. The van der Waals surface area contributed by atoms with E-state index in [1.54, 1.807) is 40.2 Å². The fraction of sp³-hybridized carbons (Fsp3) is 0.375. The van der Waals surface area contributed by atoms with Crippen LogP contribution in [0, 0.1) is 25.1 Å². The first-order chi connectivity index (χ1) is 19.6. The normalized spacial score (nSPS) is 21.2. The summed E-state index contributed by atoms with van der Waals surface area (Å²) >= 11 is 0.